The summed E-state index contributed by atoms with van der Waals surface area (Å²) in [6.07, 6.45) is 1.03. The lowest BCUT2D eigenvalue weighted by atomic mass is 10.1. The molecule has 0 unspecified atom stereocenters. The van der Waals surface area contributed by atoms with Crippen molar-refractivity contribution in [3.63, 3.8) is 0 Å². The fourth-order valence-electron chi connectivity index (χ4n) is 4.00. The molecule has 10 heteroatoms. The summed E-state index contributed by atoms with van der Waals surface area (Å²) in [4.78, 5) is 36.7. The minimum atomic E-state index is -0.585. The number of carboxylic acid groups (broad SMARTS) is 1. The highest BCUT2D eigenvalue weighted by molar-refractivity contribution is 5.84. The highest BCUT2D eigenvalue weighted by atomic mass is 16.5. The molecule has 0 aromatic carbocycles. The van der Waals surface area contributed by atoms with Crippen molar-refractivity contribution in [3.8, 4) is 0 Å². The van der Waals surface area contributed by atoms with Crippen molar-refractivity contribution in [2.24, 2.45) is 0 Å². The van der Waals surface area contributed by atoms with Gasteiger partial charge >= 0.3 is 0 Å². The van der Waals surface area contributed by atoms with E-state index in [1.165, 1.54) is 4.68 Å². The molecule has 136 valence electrons. The largest absolute Gasteiger partial charge is 0.483 e. The van der Waals surface area contributed by atoms with Gasteiger partial charge in [0.15, 0.2) is 5.72 Å². The molecule has 1 aromatic heterocycles. The normalized spacial score (nSPS) is 26.9. The molecule has 2 atom stereocenters. The number of carbonyl (C=O) groups excluding carboxylic acids is 2. The van der Waals surface area contributed by atoms with E-state index in [1.54, 1.807) is 15.9 Å². The van der Waals surface area contributed by atoms with Gasteiger partial charge < -0.3 is 25.4 Å². The molecule has 3 fully saturated rings. The quantitative estimate of drug-likeness (QED) is 0.656. The topological polar surface area (TPSA) is 131 Å². The third kappa shape index (κ3) is 2.72. The van der Waals surface area contributed by atoms with Gasteiger partial charge in [-0.1, -0.05) is 0 Å². The van der Waals surface area contributed by atoms with Gasteiger partial charge in [-0.2, -0.15) is 5.10 Å². The Morgan fingerprint density at radius 1 is 1.56 bits per heavy atom. The molecule has 3 aliphatic rings. The number of rotatable bonds is 2. The van der Waals surface area contributed by atoms with E-state index in [9.17, 15) is 9.59 Å². The Kier molecular flexibility index (Phi) is 4.38. The van der Waals surface area contributed by atoms with Gasteiger partial charge in [-0.05, 0) is 6.92 Å². The summed E-state index contributed by atoms with van der Waals surface area (Å²) in [6.45, 7) is 3.47. The number of hydrogen-bond donors (Lipinski definition) is 2. The molecule has 3 aliphatic heterocycles. The maximum absolute atomic E-state index is 12.6. The van der Waals surface area contributed by atoms with Crippen molar-refractivity contribution in [2.45, 2.75) is 38.1 Å². The number of carbonyl (C=O) groups is 3. The predicted octanol–water partition coefficient (Wildman–Crippen LogP) is -0.966. The number of hydrogen-bond acceptors (Lipinski definition) is 6. The lowest BCUT2D eigenvalue weighted by Gasteiger charge is -2.31. The van der Waals surface area contributed by atoms with Crippen molar-refractivity contribution in [1.29, 1.82) is 0 Å². The molecule has 4 heterocycles. The van der Waals surface area contributed by atoms with E-state index in [0.717, 1.165) is 5.69 Å². The van der Waals surface area contributed by atoms with Crippen LogP contribution in [0.15, 0.2) is 6.07 Å². The van der Waals surface area contributed by atoms with Crippen molar-refractivity contribution in [3.05, 3.63) is 11.8 Å². The summed E-state index contributed by atoms with van der Waals surface area (Å²) in [5.41, 5.74) is 6.04. The van der Waals surface area contributed by atoms with Gasteiger partial charge in [0.25, 0.3) is 6.47 Å². The molecule has 4 rings (SSSR count). The zero-order valence-corrected chi connectivity index (χ0v) is 13.9. The average molecular weight is 351 g/mol. The van der Waals surface area contributed by atoms with E-state index in [2.05, 4.69) is 5.10 Å². The van der Waals surface area contributed by atoms with Crippen LogP contribution in [0.25, 0.3) is 0 Å². The van der Waals surface area contributed by atoms with Crippen LogP contribution in [-0.2, 0) is 25.7 Å². The number of nitrogens with zero attached hydrogens (tertiary/aromatic N) is 4. The van der Waals surface area contributed by atoms with Gasteiger partial charge in [-0.25, -0.2) is 4.68 Å². The smallest absolute Gasteiger partial charge is 0.290 e. The van der Waals surface area contributed by atoms with Crippen LogP contribution in [0.1, 0.15) is 18.5 Å². The van der Waals surface area contributed by atoms with E-state index in [0.29, 0.717) is 38.4 Å². The highest BCUT2D eigenvalue weighted by Crippen LogP contribution is 2.45. The third-order valence-corrected chi connectivity index (χ3v) is 4.94. The monoisotopic (exact) mass is 351 g/mol. The van der Waals surface area contributed by atoms with Crippen LogP contribution in [0.2, 0.25) is 0 Å². The molecule has 0 aliphatic carbocycles. The van der Waals surface area contributed by atoms with Crippen molar-refractivity contribution in [2.75, 3.05) is 25.4 Å². The summed E-state index contributed by atoms with van der Waals surface area (Å²) < 4.78 is 7.39. The number of aromatic nitrogens is 2. The molecular formula is C15H21N5O5. The van der Waals surface area contributed by atoms with Crippen molar-refractivity contribution in [1.82, 2.24) is 19.6 Å². The second kappa shape index (κ2) is 6.36. The van der Waals surface area contributed by atoms with Crippen LogP contribution in [0, 0.1) is 6.92 Å². The SMILES string of the molecule is Cc1cc(N)n(CC(=O)N2CC[C@@]34OCCN3C(=O)C[C@@H]24)n1.O=CO. The van der Waals surface area contributed by atoms with E-state index in [1.807, 2.05) is 6.92 Å². The predicted molar refractivity (Wildman–Crippen MR) is 85.2 cm³/mol. The van der Waals surface area contributed by atoms with Gasteiger partial charge in [-0.3, -0.25) is 14.4 Å². The second-order valence-electron chi connectivity index (χ2n) is 6.27. The molecule has 3 N–H and O–H groups in total. The molecule has 25 heavy (non-hydrogen) atoms. The lowest BCUT2D eigenvalue weighted by molar-refractivity contribution is -0.140. The minimum absolute atomic E-state index is 0.0678. The van der Waals surface area contributed by atoms with Gasteiger partial charge in [-0.15, -0.1) is 0 Å². The Morgan fingerprint density at radius 3 is 2.92 bits per heavy atom. The molecule has 1 spiro atoms. The molecule has 2 amide bonds. The standard InChI is InChI=1S/C14H19N5O3.CH2O2/c1-9-6-11(15)19(16-9)8-13(21)17-3-2-14-10(17)7-12(20)18(14)4-5-22-14;2-1-3/h6,10H,2-5,7-8,15H2,1H3;1H,(H,2,3)/t10-,14+;/m1./s1. The zero-order chi connectivity index (χ0) is 18.2. The number of amides is 2. The molecule has 0 bridgehead atoms. The van der Waals surface area contributed by atoms with Gasteiger partial charge in [0, 0.05) is 25.6 Å². The maximum atomic E-state index is 12.6. The van der Waals surface area contributed by atoms with Crippen LogP contribution >= 0.6 is 0 Å². The van der Waals surface area contributed by atoms with E-state index in [4.69, 9.17) is 20.4 Å². The van der Waals surface area contributed by atoms with Crippen molar-refractivity contribution < 1.29 is 24.2 Å². The Balaban J connectivity index is 0.000000569. The van der Waals surface area contributed by atoms with Crippen LogP contribution in [-0.4, -0.2) is 74.4 Å². The molecule has 3 saturated heterocycles. The Morgan fingerprint density at radius 2 is 2.28 bits per heavy atom. The second-order valence-corrected chi connectivity index (χ2v) is 6.27. The first-order valence-electron chi connectivity index (χ1n) is 8.04. The molecule has 0 radical (unpaired) electrons. The number of ether oxygens (including phenoxy) is 1. The zero-order valence-electron chi connectivity index (χ0n) is 13.9. The summed E-state index contributed by atoms with van der Waals surface area (Å²) in [6, 6.07) is 1.55. The van der Waals surface area contributed by atoms with E-state index in [-0.39, 0.29) is 30.9 Å². The Bertz CT molecular complexity index is 704. The minimum Gasteiger partial charge on any atom is -0.483 e. The fraction of sp³-hybridized carbons (Fsp3) is 0.600. The molecule has 0 saturated carbocycles. The summed E-state index contributed by atoms with van der Waals surface area (Å²) in [5, 5.41) is 11.1. The fourth-order valence-corrected chi connectivity index (χ4v) is 4.00. The van der Waals surface area contributed by atoms with Gasteiger partial charge in [0.05, 0.1) is 24.8 Å². The number of likely N-dealkylation sites (tertiary alicyclic amines) is 1. The Hall–Kier alpha value is -2.62. The molecular weight excluding hydrogens is 330 g/mol. The first kappa shape index (κ1) is 17.2. The Labute approximate surface area is 144 Å². The van der Waals surface area contributed by atoms with E-state index < -0.39 is 5.72 Å². The first-order valence-corrected chi connectivity index (χ1v) is 8.04. The summed E-state index contributed by atoms with van der Waals surface area (Å²) in [5.74, 6) is 0.484. The number of aryl methyl sites for hydroxylation is 1. The van der Waals surface area contributed by atoms with Gasteiger partial charge in [0.1, 0.15) is 12.4 Å². The first-order chi connectivity index (χ1) is 11.9. The van der Waals surface area contributed by atoms with Crippen LogP contribution < -0.4 is 5.73 Å². The summed E-state index contributed by atoms with van der Waals surface area (Å²) >= 11 is 0. The highest BCUT2D eigenvalue weighted by Gasteiger charge is 2.62. The molecule has 1 aromatic rings. The lowest BCUT2D eigenvalue weighted by Crippen LogP contribution is -2.49. The van der Waals surface area contributed by atoms with Crippen LogP contribution in [0.4, 0.5) is 5.82 Å². The summed E-state index contributed by atoms with van der Waals surface area (Å²) in [7, 11) is 0. The van der Waals surface area contributed by atoms with E-state index >= 15 is 0 Å². The molecule has 10 nitrogen and oxygen atoms in total. The number of nitrogen functional groups attached to an aromatic ring is 1. The number of nitrogens with two attached hydrogens (primary N) is 1. The van der Waals surface area contributed by atoms with Crippen LogP contribution in [0.5, 0.6) is 0 Å². The number of anilines is 1. The average Bonchev–Trinajstić information content (AvgIpc) is 3.24. The van der Waals surface area contributed by atoms with Crippen LogP contribution in [0.3, 0.4) is 0 Å². The third-order valence-electron chi connectivity index (χ3n) is 4.94. The maximum Gasteiger partial charge on any atom is 0.290 e. The van der Waals surface area contributed by atoms with Gasteiger partial charge in [0.2, 0.25) is 11.8 Å². The van der Waals surface area contributed by atoms with Crippen molar-refractivity contribution >= 4 is 24.1 Å².